The van der Waals surface area contributed by atoms with Crippen molar-refractivity contribution in [2.45, 2.75) is 96.8 Å². The van der Waals surface area contributed by atoms with Crippen LogP contribution in [-0.4, -0.2) is 57.2 Å². The van der Waals surface area contributed by atoms with E-state index in [1.807, 2.05) is 41.7 Å². The van der Waals surface area contributed by atoms with Gasteiger partial charge >= 0.3 is 0 Å². The van der Waals surface area contributed by atoms with Crippen molar-refractivity contribution in [1.29, 1.82) is 0 Å². The molecule has 0 radical (unpaired) electrons. The van der Waals surface area contributed by atoms with Crippen molar-refractivity contribution < 1.29 is 19.0 Å². The Balaban J connectivity index is 0.000000354. The quantitative estimate of drug-likeness (QED) is 0.577. The van der Waals surface area contributed by atoms with Crippen LogP contribution in [0.1, 0.15) is 77.8 Å². The number of ether oxygens (including phenoxy) is 3. The fourth-order valence-electron chi connectivity index (χ4n) is 6.20. The number of hydrogen-bond donors (Lipinski definition) is 0. The Bertz CT molecular complexity index is 737. The number of methoxy groups -OCH3 is 2. The Morgan fingerprint density at radius 3 is 2.47 bits per heavy atom. The van der Waals surface area contributed by atoms with E-state index in [4.69, 9.17) is 14.2 Å². The van der Waals surface area contributed by atoms with Crippen LogP contribution < -0.4 is 9.47 Å². The molecule has 1 aromatic carbocycles. The number of likely N-dealkylation sites (tertiary alicyclic amines) is 1. The molecule has 2 heterocycles. The van der Waals surface area contributed by atoms with E-state index >= 15 is 0 Å². The smallest absolute Gasteiger partial charge is 0.165 e. The summed E-state index contributed by atoms with van der Waals surface area (Å²) in [6, 6.07) is 4.99. The van der Waals surface area contributed by atoms with Crippen LogP contribution in [-0.2, 0) is 21.4 Å². The summed E-state index contributed by atoms with van der Waals surface area (Å²) in [7, 11) is 5.87. The number of aldehydes is 1. The Hall–Kier alpha value is -1.59. The van der Waals surface area contributed by atoms with Gasteiger partial charge < -0.3 is 23.9 Å². The molecule has 2 bridgehead atoms. The molecule has 0 amide bonds. The molecule has 1 aromatic rings. The minimum absolute atomic E-state index is 0.132. The van der Waals surface area contributed by atoms with E-state index in [2.05, 4.69) is 24.1 Å². The molecule has 182 valence electrons. The van der Waals surface area contributed by atoms with Crippen molar-refractivity contribution in [2.75, 3.05) is 27.8 Å². The van der Waals surface area contributed by atoms with E-state index in [0.29, 0.717) is 18.4 Å². The van der Waals surface area contributed by atoms with E-state index in [0.717, 1.165) is 43.6 Å². The molecule has 1 saturated carbocycles. The molecule has 5 atom stereocenters. The van der Waals surface area contributed by atoms with Crippen LogP contribution in [0.2, 0.25) is 0 Å². The van der Waals surface area contributed by atoms with Crippen LogP contribution in [0, 0.1) is 5.92 Å². The number of carbonyl (C=O) groups excluding carboxylic acids is 1. The number of likely N-dealkylation sites (N-methyl/N-ethyl adjacent to an activating group) is 1. The Kier molecular flexibility index (Phi) is 10.0. The summed E-state index contributed by atoms with van der Waals surface area (Å²) in [5.41, 5.74) is 3.05. The van der Waals surface area contributed by atoms with Gasteiger partial charge in [-0.3, -0.25) is 0 Å². The van der Waals surface area contributed by atoms with E-state index in [-0.39, 0.29) is 17.6 Å². The van der Waals surface area contributed by atoms with E-state index in [1.165, 1.54) is 24.0 Å². The average Bonchev–Trinajstić information content (AvgIpc) is 3.20. The molecule has 2 aliphatic carbocycles. The van der Waals surface area contributed by atoms with Gasteiger partial charge in [0.05, 0.1) is 13.2 Å². The highest BCUT2D eigenvalue weighted by Gasteiger charge is 2.65. The third-order valence-corrected chi connectivity index (χ3v) is 7.45. The molecule has 1 spiro atoms. The van der Waals surface area contributed by atoms with Crippen LogP contribution in [0.25, 0.3) is 0 Å². The van der Waals surface area contributed by atoms with Crippen LogP contribution in [0.5, 0.6) is 11.5 Å². The van der Waals surface area contributed by atoms with Crippen molar-refractivity contribution in [2.24, 2.45) is 5.92 Å². The molecule has 5 nitrogen and oxygen atoms in total. The van der Waals surface area contributed by atoms with Crippen molar-refractivity contribution >= 4 is 6.29 Å². The van der Waals surface area contributed by atoms with Crippen LogP contribution in [0.3, 0.4) is 0 Å². The van der Waals surface area contributed by atoms with Gasteiger partial charge in [-0.15, -0.1) is 0 Å². The Morgan fingerprint density at radius 1 is 1.19 bits per heavy atom. The third kappa shape index (κ3) is 4.31. The topological polar surface area (TPSA) is 48.0 Å². The second-order valence-electron chi connectivity index (χ2n) is 8.63. The monoisotopic (exact) mass is 447 g/mol. The highest BCUT2D eigenvalue weighted by molar-refractivity contribution is 5.61. The predicted molar refractivity (Wildman–Crippen MR) is 131 cm³/mol. The van der Waals surface area contributed by atoms with Gasteiger partial charge in [0, 0.05) is 30.6 Å². The average molecular weight is 448 g/mol. The summed E-state index contributed by atoms with van der Waals surface area (Å²) in [6.45, 7) is 11.1. The molecular formula is C27H45NO4. The van der Waals surface area contributed by atoms with Gasteiger partial charge in [-0.25, -0.2) is 0 Å². The molecule has 5 heteroatoms. The van der Waals surface area contributed by atoms with Crippen molar-refractivity contribution in [3.63, 3.8) is 0 Å². The summed E-state index contributed by atoms with van der Waals surface area (Å²) in [4.78, 5) is 12.0. The van der Waals surface area contributed by atoms with Gasteiger partial charge in [0.2, 0.25) is 0 Å². The number of benzene rings is 1. The molecule has 5 rings (SSSR count). The first kappa shape index (κ1) is 26.7. The number of carbonyl (C=O) groups is 1. The first-order chi connectivity index (χ1) is 15.6. The second-order valence-corrected chi connectivity index (χ2v) is 8.63. The number of unbranched alkanes of at least 4 members (excludes halogenated alkanes) is 1. The molecule has 1 saturated heterocycles. The molecule has 4 aliphatic rings. The first-order valence-corrected chi connectivity index (χ1v) is 12.7. The maximum atomic E-state index is 9.40. The SMILES string of the molecule is CC.CC.CCCC=O.COc1ccc2c3c1O[C@@H]1C(OC)CCC4C(C2)N(C)CCC341. The zero-order chi connectivity index (χ0) is 23.9. The Morgan fingerprint density at radius 2 is 1.91 bits per heavy atom. The van der Waals surface area contributed by atoms with Crippen LogP contribution in [0.15, 0.2) is 12.1 Å². The molecular weight excluding hydrogens is 402 g/mol. The summed E-state index contributed by atoms with van der Waals surface area (Å²) in [5.74, 6) is 2.57. The maximum absolute atomic E-state index is 9.40. The first-order valence-electron chi connectivity index (χ1n) is 12.7. The fourth-order valence-corrected chi connectivity index (χ4v) is 6.20. The van der Waals surface area contributed by atoms with Gasteiger partial charge in [0.15, 0.2) is 11.5 Å². The number of rotatable bonds is 4. The summed E-state index contributed by atoms with van der Waals surface area (Å²) in [5, 5.41) is 0. The van der Waals surface area contributed by atoms with Crippen LogP contribution in [0.4, 0.5) is 0 Å². The van der Waals surface area contributed by atoms with Crippen molar-refractivity contribution in [3.05, 3.63) is 23.3 Å². The molecule has 2 aliphatic heterocycles. The van der Waals surface area contributed by atoms with Crippen LogP contribution >= 0.6 is 0 Å². The number of nitrogens with zero attached hydrogens (tertiary/aromatic N) is 1. The predicted octanol–water partition coefficient (Wildman–Crippen LogP) is 5.42. The lowest BCUT2D eigenvalue weighted by Crippen LogP contribution is -2.66. The van der Waals surface area contributed by atoms with Gasteiger partial charge in [-0.05, 0) is 63.2 Å². The lowest BCUT2D eigenvalue weighted by molar-refractivity contribution is -0.111. The fraction of sp³-hybridized carbons (Fsp3) is 0.741. The largest absolute Gasteiger partial charge is 0.493 e. The standard InChI is InChI=1S/C19H25NO3.C4H8O.2C2H6/c1-20-9-8-19-12-5-7-15(22-3)18(19)23-17-14(21-2)6-4-11(16(17)19)10-13(12)20;1-2-3-4-5;2*1-2/h4,6,12-13,15,18H,5,7-10H2,1-3H3;4H,2-3H2,1H3;2*1-2H3/t12?,13?,15?,18-,19?;;;/m1.../s1. The number of hydrogen-bond acceptors (Lipinski definition) is 5. The lowest BCUT2D eigenvalue weighted by Gasteiger charge is -2.58. The van der Waals surface area contributed by atoms with Gasteiger partial charge in [0.25, 0.3) is 0 Å². The summed E-state index contributed by atoms with van der Waals surface area (Å²) in [6.07, 6.45) is 7.60. The highest BCUT2D eigenvalue weighted by Crippen LogP contribution is 2.63. The van der Waals surface area contributed by atoms with E-state index in [9.17, 15) is 4.79 Å². The van der Waals surface area contributed by atoms with Gasteiger partial charge in [-0.2, -0.15) is 0 Å². The maximum Gasteiger partial charge on any atom is 0.165 e. The molecule has 32 heavy (non-hydrogen) atoms. The van der Waals surface area contributed by atoms with E-state index < -0.39 is 0 Å². The van der Waals surface area contributed by atoms with Crippen molar-refractivity contribution in [1.82, 2.24) is 4.90 Å². The zero-order valence-corrected chi connectivity index (χ0v) is 21.6. The molecule has 0 N–H and O–H groups in total. The zero-order valence-electron chi connectivity index (χ0n) is 21.6. The molecule has 2 fully saturated rings. The van der Waals surface area contributed by atoms with E-state index in [1.54, 1.807) is 7.11 Å². The molecule has 0 aromatic heterocycles. The summed E-state index contributed by atoms with van der Waals surface area (Å²) >= 11 is 0. The third-order valence-electron chi connectivity index (χ3n) is 7.45. The highest BCUT2D eigenvalue weighted by atomic mass is 16.6. The minimum atomic E-state index is 0.132. The number of piperidine rings is 1. The lowest BCUT2D eigenvalue weighted by atomic mass is 9.51. The normalized spacial score (nSPS) is 30.6. The Labute approximate surface area is 195 Å². The van der Waals surface area contributed by atoms with Gasteiger partial charge in [-0.1, -0.05) is 40.7 Å². The van der Waals surface area contributed by atoms with Gasteiger partial charge in [0.1, 0.15) is 12.4 Å². The minimum Gasteiger partial charge on any atom is -0.493 e. The summed E-state index contributed by atoms with van der Waals surface area (Å²) < 4.78 is 18.1. The van der Waals surface area contributed by atoms with Crippen molar-refractivity contribution in [3.8, 4) is 11.5 Å². The molecule has 4 unspecified atom stereocenters. The second kappa shape index (κ2) is 12.0.